The van der Waals surface area contributed by atoms with Crippen molar-refractivity contribution in [2.45, 2.75) is 322 Å². The monoisotopic (exact) mass is 967 g/mol. The lowest BCUT2D eigenvalue weighted by Gasteiger charge is -2.18. The minimum atomic E-state index is -0.780. The molecule has 0 aromatic heterocycles. The molecular formula is C63H114O6. The number of ether oxygens (including phenoxy) is 3. The average Bonchev–Trinajstić information content (AvgIpc) is 3.35. The van der Waals surface area contributed by atoms with E-state index in [0.717, 1.165) is 89.9 Å². The molecule has 0 radical (unpaired) electrons. The van der Waals surface area contributed by atoms with Gasteiger partial charge in [-0.2, -0.15) is 0 Å². The van der Waals surface area contributed by atoms with Crippen molar-refractivity contribution < 1.29 is 28.6 Å². The van der Waals surface area contributed by atoms with Crippen LogP contribution in [0.5, 0.6) is 0 Å². The van der Waals surface area contributed by atoms with Gasteiger partial charge in [-0.3, -0.25) is 14.4 Å². The Morgan fingerprint density at radius 1 is 0.304 bits per heavy atom. The molecule has 0 heterocycles. The number of carbonyl (C=O) groups is 3. The maximum absolute atomic E-state index is 12.9. The molecular weight excluding hydrogens is 853 g/mol. The van der Waals surface area contributed by atoms with Crippen LogP contribution in [0.4, 0.5) is 0 Å². The second-order valence-electron chi connectivity index (χ2n) is 20.2. The molecule has 1 atom stereocenters. The molecule has 1 unspecified atom stereocenters. The number of esters is 3. The molecule has 6 nitrogen and oxygen atoms in total. The Hall–Kier alpha value is -2.63. The minimum Gasteiger partial charge on any atom is -0.462 e. The molecule has 0 bridgehead atoms. The zero-order chi connectivity index (χ0) is 50.0. The Bertz CT molecular complexity index is 1200. The molecule has 0 aliphatic heterocycles. The van der Waals surface area contributed by atoms with Gasteiger partial charge in [0.05, 0.1) is 0 Å². The number of allylic oxidation sites excluding steroid dienone is 8. The van der Waals surface area contributed by atoms with Gasteiger partial charge in [0, 0.05) is 19.3 Å². The molecule has 0 N–H and O–H groups in total. The maximum Gasteiger partial charge on any atom is 0.306 e. The lowest BCUT2D eigenvalue weighted by atomic mass is 10.0. The maximum atomic E-state index is 12.9. The van der Waals surface area contributed by atoms with E-state index in [2.05, 4.69) is 69.4 Å². The van der Waals surface area contributed by atoms with E-state index in [-0.39, 0.29) is 31.1 Å². The van der Waals surface area contributed by atoms with Gasteiger partial charge in [0.1, 0.15) is 13.2 Å². The predicted molar refractivity (Wildman–Crippen MR) is 298 cm³/mol. The number of hydrogen-bond acceptors (Lipinski definition) is 6. The molecule has 0 saturated carbocycles. The van der Waals surface area contributed by atoms with Gasteiger partial charge in [0.15, 0.2) is 6.10 Å². The molecule has 0 rings (SSSR count). The first-order valence-corrected chi connectivity index (χ1v) is 30.1. The SMILES string of the molecule is CC/C=C\C/C=C\C/C=C\CCCCCCCCCC(=O)OC(COC(=O)CCCCCCC/C=C\CCCCCCCC)COC(=O)CCCCCCCCCCCCCCCCCCCCC. The molecule has 402 valence electrons. The van der Waals surface area contributed by atoms with Crippen molar-refractivity contribution in [1.82, 2.24) is 0 Å². The van der Waals surface area contributed by atoms with E-state index in [9.17, 15) is 14.4 Å². The first-order valence-electron chi connectivity index (χ1n) is 30.1. The van der Waals surface area contributed by atoms with Crippen molar-refractivity contribution in [3.05, 3.63) is 48.6 Å². The molecule has 0 aliphatic rings. The van der Waals surface area contributed by atoms with Crippen molar-refractivity contribution >= 4 is 17.9 Å². The Morgan fingerprint density at radius 3 is 0.899 bits per heavy atom. The van der Waals surface area contributed by atoms with Crippen LogP contribution in [0.3, 0.4) is 0 Å². The molecule has 0 spiro atoms. The molecule has 0 aromatic carbocycles. The summed E-state index contributed by atoms with van der Waals surface area (Å²) in [6, 6.07) is 0. The van der Waals surface area contributed by atoms with Crippen LogP contribution in [-0.4, -0.2) is 37.2 Å². The smallest absolute Gasteiger partial charge is 0.306 e. The van der Waals surface area contributed by atoms with Crippen LogP contribution in [0.2, 0.25) is 0 Å². The van der Waals surface area contributed by atoms with Crippen LogP contribution in [0.25, 0.3) is 0 Å². The predicted octanol–water partition coefficient (Wildman–Crippen LogP) is 20.2. The van der Waals surface area contributed by atoms with Gasteiger partial charge in [-0.05, 0) is 77.0 Å². The highest BCUT2D eigenvalue weighted by Gasteiger charge is 2.19. The van der Waals surface area contributed by atoms with Crippen LogP contribution in [-0.2, 0) is 28.6 Å². The fourth-order valence-electron chi connectivity index (χ4n) is 8.81. The summed E-state index contributed by atoms with van der Waals surface area (Å²) < 4.78 is 16.9. The zero-order valence-corrected chi connectivity index (χ0v) is 46.1. The van der Waals surface area contributed by atoms with E-state index in [1.54, 1.807) is 0 Å². The highest BCUT2D eigenvalue weighted by Crippen LogP contribution is 2.17. The number of carbonyl (C=O) groups excluding carboxylic acids is 3. The Kier molecular flexibility index (Phi) is 55.7. The normalized spacial score (nSPS) is 12.3. The second kappa shape index (κ2) is 57.9. The summed E-state index contributed by atoms with van der Waals surface area (Å²) in [7, 11) is 0. The summed E-state index contributed by atoms with van der Waals surface area (Å²) >= 11 is 0. The number of rotatable bonds is 55. The Morgan fingerprint density at radius 2 is 0.565 bits per heavy atom. The van der Waals surface area contributed by atoms with Crippen LogP contribution in [0.1, 0.15) is 316 Å². The molecule has 6 heteroatoms. The van der Waals surface area contributed by atoms with Crippen molar-refractivity contribution in [3.8, 4) is 0 Å². The van der Waals surface area contributed by atoms with E-state index in [4.69, 9.17) is 14.2 Å². The second-order valence-corrected chi connectivity index (χ2v) is 20.2. The topological polar surface area (TPSA) is 78.9 Å². The molecule has 0 amide bonds. The highest BCUT2D eigenvalue weighted by atomic mass is 16.6. The lowest BCUT2D eigenvalue weighted by molar-refractivity contribution is -0.167. The summed E-state index contributed by atoms with van der Waals surface area (Å²) in [5.41, 5.74) is 0. The van der Waals surface area contributed by atoms with Gasteiger partial charge < -0.3 is 14.2 Å². The molecule has 69 heavy (non-hydrogen) atoms. The third kappa shape index (κ3) is 56.2. The van der Waals surface area contributed by atoms with Gasteiger partial charge in [-0.1, -0.05) is 268 Å². The quantitative estimate of drug-likeness (QED) is 0.0262. The van der Waals surface area contributed by atoms with E-state index >= 15 is 0 Å². The van der Waals surface area contributed by atoms with E-state index in [1.165, 1.54) is 186 Å². The molecule has 0 fully saturated rings. The van der Waals surface area contributed by atoms with Crippen LogP contribution in [0.15, 0.2) is 48.6 Å². The van der Waals surface area contributed by atoms with Crippen LogP contribution in [0, 0.1) is 0 Å². The van der Waals surface area contributed by atoms with Gasteiger partial charge in [-0.15, -0.1) is 0 Å². The van der Waals surface area contributed by atoms with Gasteiger partial charge >= 0.3 is 17.9 Å². The summed E-state index contributed by atoms with van der Waals surface area (Å²) in [5, 5.41) is 0. The largest absolute Gasteiger partial charge is 0.462 e. The van der Waals surface area contributed by atoms with Crippen molar-refractivity contribution in [1.29, 1.82) is 0 Å². The van der Waals surface area contributed by atoms with Crippen molar-refractivity contribution in [2.24, 2.45) is 0 Å². The van der Waals surface area contributed by atoms with Crippen molar-refractivity contribution in [3.63, 3.8) is 0 Å². The first kappa shape index (κ1) is 66.4. The molecule has 0 aromatic rings. The number of hydrogen-bond donors (Lipinski definition) is 0. The van der Waals surface area contributed by atoms with Crippen LogP contribution >= 0.6 is 0 Å². The Balaban J connectivity index is 4.35. The van der Waals surface area contributed by atoms with Gasteiger partial charge in [0.25, 0.3) is 0 Å². The van der Waals surface area contributed by atoms with E-state index in [1.807, 2.05) is 0 Å². The molecule has 0 saturated heterocycles. The molecule has 0 aliphatic carbocycles. The summed E-state index contributed by atoms with van der Waals surface area (Å²) in [6.45, 7) is 6.56. The first-order chi connectivity index (χ1) is 34.0. The standard InChI is InChI=1S/C63H114O6/c1-4-7-10-13-16-19-22-25-28-30-31-33-35-38-41-44-47-50-53-56-62(65)68-59-60(58-67-61(64)55-52-49-46-43-40-37-34-27-24-21-18-15-12-9-6-3)69-63(66)57-54-51-48-45-42-39-36-32-29-26-23-20-17-14-11-8-5-2/h8,11,17,20,26-27,29,34,60H,4-7,9-10,12-16,18-19,21-25,28,30-33,35-59H2,1-3H3/b11-8-,20-17-,29-26-,34-27-. The third-order valence-electron chi connectivity index (χ3n) is 13.3. The summed E-state index contributed by atoms with van der Waals surface area (Å²) in [6.07, 6.45) is 71.0. The van der Waals surface area contributed by atoms with Crippen molar-refractivity contribution in [2.75, 3.05) is 13.2 Å². The lowest BCUT2D eigenvalue weighted by Crippen LogP contribution is -2.30. The number of unbranched alkanes of at least 4 members (excludes halogenated alkanes) is 36. The fourth-order valence-corrected chi connectivity index (χ4v) is 8.81. The van der Waals surface area contributed by atoms with E-state index in [0.29, 0.717) is 19.3 Å². The van der Waals surface area contributed by atoms with Gasteiger partial charge in [-0.25, -0.2) is 0 Å². The minimum absolute atomic E-state index is 0.0765. The average molecular weight is 968 g/mol. The summed E-state index contributed by atoms with van der Waals surface area (Å²) in [4.78, 5) is 38.2. The van der Waals surface area contributed by atoms with Gasteiger partial charge in [0.2, 0.25) is 0 Å². The summed E-state index contributed by atoms with van der Waals surface area (Å²) in [5.74, 6) is -0.877. The fraction of sp³-hybridized carbons (Fsp3) is 0.825. The zero-order valence-electron chi connectivity index (χ0n) is 46.1. The van der Waals surface area contributed by atoms with Crippen LogP contribution < -0.4 is 0 Å². The Labute approximate surface area is 428 Å². The van der Waals surface area contributed by atoms with E-state index < -0.39 is 6.10 Å². The third-order valence-corrected chi connectivity index (χ3v) is 13.3. The highest BCUT2D eigenvalue weighted by molar-refractivity contribution is 5.71.